The van der Waals surface area contributed by atoms with E-state index in [2.05, 4.69) is 10.3 Å². The molecule has 0 spiro atoms. The van der Waals surface area contributed by atoms with Crippen molar-refractivity contribution >= 4 is 11.6 Å². The Morgan fingerprint density at radius 2 is 2.39 bits per heavy atom. The van der Waals surface area contributed by atoms with E-state index in [0.29, 0.717) is 12.1 Å². The van der Waals surface area contributed by atoms with E-state index < -0.39 is 0 Å². The van der Waals surface area contributed by atoms with Crippen molar-refractivity contribution in [3.05, 3.63) is 35.8 Å². The van der Waals surface area contributed by atoms with Crippen LogP contribution >= 0.6 is 0 Å². The highest BCUT2D eigenvalue weighted by molar-refractivity contribution is 5.93. The molecule has 0 aliphatic heterocycles. The Labute approximate surface area is 105 Å². The first-order valence-corrected chi connectivity index (χ1v) is 6.01. The van der Waals surface area contributed by atoms with Crippen LogP contribution in [0.1, 0.15) is 29.4 Å². The fourth-order valence-corrected chi connectivity index (χ4v) is 1.73. The lowest BCUT2D eigenvalue weighted by molar-refractivity contribution is 0.0910. The largest absolute Gasteiger partial charge is 0.394 e. The number of aromatic nitrogens is 2. The summed E-state index contributed by atoms with van der Waals surface area (Å²) in [5, 5.41) is 11.8. The Morgan fingerprint density at radius 1 is 1.61 bits per heavy atom. The smallest absolute Gasteiger partial charge is 0.271 e. The zero-order valence-corrected chi connectivity index (χ0v) is 10.6. The van der Waals surface area contributed by atoms with E-state index in [4.69, 9.17) is 5.11 Å². The van der Waals surface area contributed by atoms with Gasteiger partial charge in [-0.15, -0.1) is 0 Å². The molecule has 0 aliphatic rings. The van der Waals surface area contributed by atoms with Gasteiger partial charge in [0, 0.05) is 12.4 Å². The Kier molecular flexibility index (Phi) is 3.62. The SMILES string of the molecule is CCC(CO)NC(=O)c1cn2ccc(C)cc2n1. The lowest BCUT2D eigenvalue weighted by atomic mass is 10.2. The van der Waals surface area contributed by atoms with Crippen molar-refractivity contribution in [2.75, 3.05) is 6.61 Å². The summed E-state index contributed by atoms with van der Waals surface area (Å²) in [6, 6.07) is 3.66. The van der Waals surface area contributed by atoms with Crippen LogP contribution in [0.4, 0.5) is 0 Å². The van der Waals surface area contributed by atoms with Gasteiger partial charge >= 0.3 is 0 Å². The zero-order valence-electron chi connectivity index (χ0n) is 10.6. The van der Waals surface area contributed by atoms with Gasteiger partial charge in [-0.1, -0.05) is 6.92 Å². The van der Waals surface area contributed by atoms with Crippen molar-refractivity contribution in [3.63, 3.8) is 0 Å². The van der Waals surface area contributed by atoms with Crippen LogP contribution in [0.3, 0.4) is 0 Å². The van der Waals surface area contributed by atoms with Crippen LogP contribution in [0.15, 0.2) is 24.5 Å². The summed E-state index contributed by atoms with van der Waals surface area (Å²) < 4.78 is 1.81. The maximum atomic E-state index is 11.9. The monoisotopic (exact) mass is 247 g/mol. The van der Waals surface area contributed by atoms with Gasteiger partial charge in [-0.2, -0.15) is 0 Å². The third-order valence-corrected chi connectivity index (χ3v) is 2.90. The highest BCUT2D eigenvalue weighted by Crippen LogP contribution is 2.08. The number of aliphatic hydroxyl groups is 1. The summed E-state index contributed by atoms with van der Waals surface area (Å²) in [6.07, 6.45) is 4.25. The molecule has 1 amide bonds. The number of aliphatic hydroxyl groups excluding tert-OH is 1. The third kappa shape index (κ3) is 2.51. The number of hydrogen-bond acceptors (Lipinski definition) is 3. The van der Waals surface area contributed by atoms with Crippen LogP contribution < -0.4 is 5.32 Å². The molecule has 0 bridgehead atoms. The minimum absolute atomic E-state index is 0.0608. The van der Waals surface area contributed by atoms with Crippen molar-refractivity contribution < 1.29 is 9.90 Å². The Morgan fingerprint density at radius 3 is 3.06 bits per heavy atom. The first-order chi connectivity index (χ1) is 8.63. The topological polar surface area (TPSA) is 66.6 Å². The van der Waals surface area contributed by atoms with E-state index in [-0.39, 0.29) is 18.6 Å². The molecule has 5 heteroatoms. The maximum Gasteiger partial charge on any atom is 0.271 e. The van der Waals surface area contributed by atoms with Crippen molar-refractivity contribution in [3.8, 4) is 0 Å². The van der Waals surface area contributed by atoms with E-state index in [9.17, 15) is 4.79 Å². The van der Waals surface area contributed by atoms with Gasteiger partial charge in [-0.05, 0) is 31.0 Å². The number of hydrogen-bond donors (Lipinski definition) is 2. The van der Waals surface area contributed by atoms with Crippen molar-refractivity contribution in [1.29, 1.82) is 0 Å². The van der Waals surface area contributed by atoms with E-state index >= 15 is 0 Å². The molecule has 1 atom stereocenters. The molecular formula is C13H17N3O2. The molecule has 2 aromatic rings. The van der Waals surface area contributed by atoms with Crippen LogP contribution in [0.5, 0.6) is 0 Å². The number of pyridine rings is 1. The summed E-state index contributed by atoms with van der Waals surface area (Å²) in [6.45, 7) is 3.83. The van der Waals surface area contributed by atoms with Crippen LogP contribution in [-0.2, 0) is 0 Å². The molecule has 0 saturated heterocycles. The molecule has 0 radical (unpaired) electrons. The van der Waals surface area contributed by atoms with Gasteiger partial charge in [0.15, 0.2) is 0 Å². The highest BCUT2D eigenvalue weighted by Gasteiger charge is 2.14. The fraction of sp³-hybridized carbons (Fsp3) is 0.385. The molecule has 2 N–H and O–H groups in total. The second-order valence-corrected chi connectivity index (χ2v) is 4.36. The second-order valence-electron chi connectivity index (χ2n) is 4.36. The average Bonchev–Trinajstić information content (AvgIpc) is 2.78. The van der Waals surface area contributed by atoms with Gasteiger partial charge in [0.05, 0.1) is 12.6 Å². The number of nitrogens with zero attached hydrogens (tertiary/aromatic N) is 2. The second kappa shape index (κ2) is 5.18. The lowest BCUT2D eigenvalue weighted by Gasteiger charge is -2.12. The van der Waals surface area contributed by atoms with E-state index in [1.165, 1.54) is 0 Å². The minimum Gasteiger partial charge on any atom is -0.394 e. The number of carbonyl (C=O) groups is 1. The summed E-state index contributed by atoms with van der Waals surface area (Å²) in [7, 11) is 0. The molecule has 0 aromatic carbocycles. The maximum absolute atomic E-state index is 11.9. The van der Waals surface area contributed by atoms with Crippen LogP contribution in [-0.4, -0.2) is 33.0 Å². The van der Waals surface area contributed by atoms with Crippen molar-refractivity contribution in [1.82, 2.24) is 14.7 Å². The highest BCUT2D eigenvalue weighted by atomic mass is 16.3. The lowest BCUT2D eigenvalue weighted by Crippen LogP contribution is -2.37. The van der Waals surface area contributed by atoms with Gasteiger partial charge in [0.25, 0.3) is 5.91 Å². The van der Waals surface area contributed by atoms with Gasteiger partial charge in [0.1, 0.15) is 11.3 Å². The number of nitrogens with one attached hydrogen (secondary N) is 1. The average molecular weight is 247 g/mol. The molecule has 5 nitrogen and oxygen atoms in total. The number of fused-ring (bicyclic) bond motifs is 1. The minimum atomic E-state index is -0.253. The molecule has 2 aromatic heterocycles. The Balaban J connectivity index is 2.23. The van der Waals surface area contributed by atoms with Gasteiger partial charge in [0.2, 0.25) is 0 Å². The Hall–Kier alpha value is -1.88. The van der Waals surface area contributed by atoms with Crippen LogP contribution in [0.25, 0.3) is 5.65 Å². The molecule has 2 heterocycles. The number of aryl methyl sites for hydroxylation is 1. The van der Waals surface area contributed by atoms with Gasteiger partial charge in [-0.25, -0.2) is 4.98 Å². The number of amides is 1. The van der Waals surface area contributed by atoms with Crippen LogP contribution in [0, 0.1) is 6.92 Å². The predicted molar refractivity (Wildman–Crippen MR) is 68.6 cm³/mol. The molecule has 18 heavy (non-hydrogen) atoms. The van der Waals surface area contributed by atoms with Gasteiger partial charge in [-0.3, -0.25) is 4.79 Å². The Bertz CT molecular complexity index is 558. The zero-order chi connectivity index (χ0) is 13.1. The predicted octanol–water partition coefficient (Wildman–Crippen LogP) is 1.14. The quantitative estimate of drug-likeness (QED) is 0.851. The molecular weight excluding hydrogens is 230 g/mol. The molecule has 0 aliphatic carbocycles. The molecule has 1 unspecified atom stereocenters. The van der Waals surface area contributed by atoms with E-state index in [1.54, 1.807) is 6.20 Å². The summed E-state index contributed by atoms with van der Waals surface area (Å²) in [5.74, 6) is -0.253. The molecule has 0 saturated carbocycles. The normalized spacial score (nSPS) is 12.6. The van der Waals surface area contributed by atoms with Crippen molar-refractivity contribution in [2.24, 2.45) is 0 Å². The standard InChI is InChI=1S/C13H17N3O2/c1-3-10(8-17)14-13(18)11-7-16-5-4-9(2)6-12(16)15-11/h4-7,10,17H,3,8H2,1-2H3,(H,14,18). The van der Waals surface area contributed by atoms with Gasteiger partial charge < -0.3 is 14.8 Å². The van der Waals surface area contributed by atoms with E-state index in [1.807, 2.05) is 36.6 Å². The molecule has 96 valence electrons. The summed E-state index contributed by atoms with van der Waals surface area (Å²) >= 11 is 0. The molecule has 2 rings (SSSR count). The van der Waals surface area contributed by atoms with Crippen molar-refractivity contribution in [2.45, 2.75) is 26.3 Å². The number of rotatable bonds is 4. The summed E-state index contributed by atoms with van der Waals surface area (Å²) in [5.41, 5.74) is 2.21. The molecule has 0 fully saturated rings. The number of imidazole rings is 1. The first-order valence-electron chi connectivity index (χ1n) is 6.01. The van der Waals surface area contributed by atoms with E-state index in [0.717, 1.165) is 11.2 Å². The fourth-order valence-electron chi connectivity index (χ4n) is 1.73. The summed E-state index contributed by atoms with van der Waals surface area (Å²) in [4.78, 5) is 16.2. The first kappa shape index (κ1) is 12.6. The van der Waals surface area contributed by atoms with Crippen LogP contribution in [0.2, 0.25) is 0 Å². The third-order valence-electron chi connectivity index (χ3n) is 2.90. The number of carbonyl (C=O) groups excluding carboxylic acids is 1.